The summed E-state index contributed by atoms with van der Waals surface area (Å²) in [5, 5.41) is 15.2. The monoisotopic (exact) mass is 284 g/mol. The number of nitrogens with zero attached hydrogens (tertiary/aromatic N) is 2. The number of benzene rings is 1. The molecular weight excluding hydrogens is 264 g/mol. The third-order valence-corrected chi connectivity index (χ3v) is 3.92. The van der Waals surface area contributed by atoms with Crippen molar-refractivity contribution >= 4 is 17.8 Å². The Hall–Kier alpha value is -2.12. The summed E-state index contributed by atoms with van der Waals surface area (Å²) in [6.07, 6.45) is 8.96. The fourth-order valence-electron chi connectivity index (χ4n) is 2.64. The maximum atomic E-state index is 12.9. The van der Waals surface area contributed by atoms with Gasteiger partial charge in [-0.25, -0.2) is 0 Å². The quantitative estimate of drug-likeness (QED) is 0.527. The maximum Gasteiger partial charge on any atom is 0.265 e. The standard InChI is InChI=1S/C17H20N2O2/c1-3-17(12-10-15(20)11-13-17)16(21)19(18-4-2)14-8-6-5-7-9-14/h1,4-9,15,20H,10-13H2,2H3/b18-4+/t15-,17+. The van der Waals surface area contributed by atoms with Crippen molar-refractivity contribution < 1.29 is 9.90 Å². The number of carbonyl (C=O) groups excluding carboxylic acids is 1. The predicted molar refractivity (Wildman–Crippen MR) is 83.8 cm³/mol. The summed E-state index contributed by atoms with van der Waals surface area (Å²) in [4.78, 5) is 12.9. The van der Waals surface area contributed by atoms with Crippen LogP contribution in [0.2, 0.25) is 0 Å². The van der Waals surface area contributed by atoms with E-state index in [1.807, 2.05) is 30.3 Å². The highest BCUT2D eigenvalue weighted by molar-refractivity contribution is 5.99. The number of hydrogen-bond acceptors (Lipinski definition) is 3. The number of anilines is 1. The lowest BCUT2D eigenvalue weighted by Crippen LogP contribution is -2.44. The maximum absolute atomic E-state index is 12.9. The summed E-state index contributed by atoms with van der Waals surface area (Å²) in [5.41, 5.74) is -0.178. The lowest BCUT2D eigenvalue weighted by Gasteiger charge is -2.35. The number of aliphatic hydroxyl groups is 1. The number of rotatable bonds is 3. The van der Waals surface area contributed by atoms with Gasteiger partial charge in [-0.2, -0.15) is 10.1 Å². The Balaban J connectivity index is 2.32. The smallest absolute Gasteiger partial charge is 0.265 e. The number of carbonyl (C=O) groups is 1. The van der Waals surface area contributed by atoms with Crippen molar-refractivity contribution in [3.63, 3.8) is 0 Å². The third kappa shape index (κ3) is 3.14. The molecule has 1 N–H and O–H groups in total. The topological polar surface area (TPSA) is 52.9 Å². The average Bonchev–Trinajstić information content (AvgIpc) is 2.54. The molecule has 110 valence electrons. The normalized spacial score (nSPS) is 25.5. The van der Waals surface area contributed by atoms with E-state index in [1.54, 1.807) is 13.1 Å². The van der Waals surface area contributed by atoms with E-state index in [4.69, 9.17) is 6.42 Å². The minimum absolute atomic E-state index is 0.193. The van der Waals surface area contributed by atoms with E-state index in [2.05, 4.69) is 11.0 Å². The van der Waals surface area contributed by atoms with Crippen LogP contribution in [0.3, 0.4) is 0 Å². The van der Waals surface area contributed by atoms with Gasteiger partial charge in [0.2, 0.25) is 0 Å². The van der Waals surface area contributed by atoms with Crippen LogP contribution in [0, 0.1) is 17.8 Å². The van der Waals surface area contributed by atoms with Gasteiger partial charge in [-0.3, -0.25) is 4.79 Å². The van der Waals surface area contributed by atoms with Crippen LogP contribution in [0.1, 0.15) is 32.6 Å². The number of hydrazone groups is 1. The Morgan fingerprint density at radius 2 is 2.05 bits per heavy atom. The molecule has 1 fully saturated rings. The first-order valence-corrected chi connectivity index (χ1v) is 7.17. The van der Waals surface area contributed by atoms with Gasteiger partial charge in [0, 0.05) is 6.21 Å². The molecule has 21 heavy (non-hydrogen) atoms. The largest absolute Gasteiger partial charge is 0.393 e. The van der Waals surface area contributed by atoms with Crippen molar-refractivity contribution in [1.29, 1.82) is 0 Å². The number of para-hydroxylation sites is 1. The van der Waals surface area contributed by atoms with Gasteiger partial charge in [-0.15, -0.1) is 6.42 Å². The molecule has 0 saturated heterocycles. The second-order valence-electron chi connectivity index (χ2n) is 5.28. The fourth-order valence-corrected chi connectivity index (χ4v) is 2.64. The van der Waals surface area contributed by atoms with E-state index in [0.717, 1.165) is 0 Å². The van der Waals surface area contributed by atoms with E-state index < -0.39 is 5.41 Å². The van der Waals surface area contributed by atoms with Crippen molar-refractivity contribution in [2.24, 2.45) is 10.5 Å². The number of hydrogen-bond donors (Lipinski definition) is 1. The highest BCUT2D eigenvalue weighted by atomic mass is 16.3. The highest BCUT2D eigenvalue weighted by Crippen LogP contribution is 2.38. The van der Waals surface area contributed by atoms with E-state index >= 15 is 0 Å². The summed E-state index contributed by atoms with van der Waals surface area (Å²) >= 11 is 0. The second-order valence-corrected chi connectivity index (χ2v) is 5.28. The Morgan fingerprint density at radius 1 is 1.43 bits per heavy atom. The Morgan fingerprint density at radius 3 is 2.57 bits per heavy atom. The van der Waals surface area contributed by atoms with E-state index in [1.165, 1.54) is 5.01 Å². The summed E-state index contributed by atoms with van der Waals surface area (Å²) in [6, 6.07) is 9.25. The van der Waals surface area contributed by atoms with Crippen LogP contribution < -0.4 is 5.01 Å². The van der Waals surface area contributed by atoms with Gasteiger partial charge < -0.3 is 5.11 Å². The summed E-state index contributed by atoms with van der Waals surface area (Å²) in [5.74, 6) is 2.48. The lowest BCUT2D eigenvalue weighted by molar-refractivity contribution is -0.127. The molecule has 1 aliphatic rings. The molecule has 0 aliphatic heterocycles. The Bertz CT molecular complexity index is 552. The van der Waals surface area contributed by atoms with Crippen LogP contribution in [-0.2, 0) is 4.79 Å². The number of terminal acetylenes is 1. The molecule has 1 saturated carbocycles. The Labute approximate surface area is 125 Å². The fraction of sp³-hybridized carbons (Fsp3) is 0.412. The number of aliphatic hydroxyl groups excluding tert-OH is 1. The molecule has 0 unspecified atom stereocenters. The first-order valence-electron chi connectivity index (χ1n) is 7.17. The first-order chi connectivity index (χ1) is 10.1. The van der Waals surface area contributed by atoms with Crippen LogP contribution in [0.15, 0.2) is 35.4 Å². The van der Waals surface area contributed by atoms with Crippen molar-refractivity contribution in [2.75, 3.05) is 5.01 Å². The van der Waals surface area contributed by atoms with Crippen LogP contribution in [0.25, 0.3) is 0 Å². The molecule has 4 nitrogen and oxygen atoms in total. The summed E-state index contributed by atoms with van der Waals surface area (Å²) < 4.78 is 0. The van der Waals surface area contributed by atoms with Gasteiger partial charge in [0.25, 0.3) is 5.91 Å². The van der Waals surface area contributed by atoms with Gasteiger partial charge in [0.05, 0.1) is 11.8 Å². The first kappa shape index (κ1) is 15.3. The highest BCUT2D eigenvalue weighted by Gasteiger charge is 2.43. The SMILES string of the molecule is C#C[C@]1(C(=O)N(/N=C/C)c2ccccc2)CC[C@@H](O)CC1. The molecular formula is C17H20N2O2. The molecule has 0 spiro atoms. The van der Waals surface area contributed by atoms with E-state index in [9.17, 15) is 9.90 Å². The zero-order chi connectivity index (χ0) is 15.3. The predicted octanol–water partition coefficient (Wildman–Crippen LogP) is 2.58. The molecule has 1 aromatic rings. The third-order valence-electron chi connectivity index (χ3n) is 3.92. The zero-order valence-corrected chi connectivity index (χ0v) is 12.2. The van der Waals surface area contributed by atoms with E-state index in [-0.39, 0.29) is 12.0 Å². The molecule has 0 atom stereocenters. The minimum atomic E-state index is -0.873. The molecule has 0 heterocycles. The average molecular weight is 284 g/mol. The zero-order valence-electron chi connectivity index (χ0n) is 12.2. The molecule has 1 amide bonds. The minimum Gasteiger partial charge on any atom is -0.393 e. The lowest BCUT2D eigenvalue weighted by atomic mass is 9.73. The van der Waals surface area contributed by atoms with Gasteiger partial charge >= 0.3 is 0 Å². The molecule has 0 aromatic heterocycles. The molecule has 2 rings (SSSR count). The number of amides is 1. The van der Waals surface area contributed by atoms with Crippen molar-refractivity contribution in [1.82, 2.24) is 0 Å². The molecule has 1 aromatic carbocycles. The van der Waals surface area contributed by atoms with Crippen molar-refractivity contribution in [2.45, 2.75) is 38.7 Å². The van der Waals surface area contributed by atoms with Crippen molar-refractivity contribution in [3.05, 3.63) is 30.3 Å². The molecule has 0 radical (unpaired) electrons. The molecule has 0 bridgehead atoms. The van der Waals surface area contributed by atoms with Gasteiger partial charge in [-0.05, 0) is 44.7 Å². The summed E-state index contributed by atoms with van der Waals surface area (Å²) in [6.45, 7) is 1.76. The Kier molecular flexibility index (Phi) is 4.77. The van der Waals surface area contributed by atoms with Gasteiger partial charge in [0.1, 0.15) is 5.41 Å². The van der Waals surface area contributed by atoms with E-state index in [0.29, 0.717) is 31.4 Å². The second kappa shape index (κ2) is 6.55. The van der Waals surface area contributed by atoms with Gasteiger partial charge in [-0.1, -0.05) is 24.1 Å². The summed E-state index contributed by atoms with van der Waals surface area (Å²) in [7, 11) is 0. The van der Waals surface area contributed by atoms with Crippen LogP contribution >= 0.6 is 0 Å². The molecule has 4 heteroatoms. The van der Waals surface area contributed by atoms with Crippen molar-refractivity contribution in [3.8, 4) is 12.3 Å². The van der Waals surface area contributed by atoms with Gasteiger partial charge in [0.15, 0.2) is 0 Å². The molecule has 1 aliphatic carbocycles. The van der Waals surface area contributed by atoms with Crippen LogP contribution in [0.4, 0.5) is 5.69 Å². The van der Waals surface area contributed by atoms with Crippen LogP contribution in [-0.4, -0.2) is 23.3 Å². The van der Waals surface area contributed by atoms with Crippen LogP contribution in [0.5, 0.6) is 0 Å².